The lowest BCUT2D eigenvalue weighted by Crippen LogP contribution is -2.33. The van der Waals surface area contributed by atoms with Crippen LogP contribution in [0.3, 0.4) is 0 Å². The van der Waals surface area contributed by atoms with Gasteiger partial charge in [0.25, 0.3) is 5.91 Å². The lowest BCUT2D eigenvalue weighted by molar-refractivity contribution is -0.129. The number of hydrogen-bond acceptors (Lipinski definition) is 6. The zero-order chi connectivity index (χ0) is 20.2. The number of aromatic nitrogens is 2. The lowest BCUT2D eigenvalue weighted by atomic mass is 10.1. The molecular formula is C22H19N3O3S. The van der Waals surface area contributed by atoms with Crippen LogP contribution in [-0.4, -0.2) is 32.2 Å². The Morgan fingerprint density at radius 3 is 2.38 bits per heavy atom. The molecule has 6 nitrogen and oxygen atoms in total. The Morgan fingerprint density at radius 1 is 0.966 bits per heavy atom. The van der Waals surface area contributed by atoms with Gasteiger partial charge >= 0.3 is 0 Å². The highest BCUT2D eigenvalue weighted by Crippen LogP contribution is 2.28. The Bertz CT molecular complexity index is 1080. The lowest BCUT2D eigenvalue weighted by Gasteiger charge is -2.15. The average molecular weight is 405 g/mol. The van der Waals surface area contributed by atoms with E-state index in [0.717, 1.165) is 27.8 Å². The molecule has 0 radical (unpaired) electrons. The van der Waals surface area contributed by atoms with Gasteiger partial charge in [0.2, 0.25) is 0 Å². The van der Waals surface area contributed by atoms with Crippen molar-refractivity contribution in [2.45, 2.75) is 18.6 Å². The van der Waals surface area contributed by atoms with Crippen LogP contribution in [-0.2, 0) is 11.2 Å². The molecule has 2 unspecified atom stereocenters. The molecule has 0 aliphatic heterocycles. The minimum atomic E-state index is -1.62. The van der Waals surface area contributed by atoms with E-state index in [2.05, 4.69) is 15.3 Å². The molecule has 0 saturated carbocycles. The topological polar surface area (TPSA) is 95.3 Å². The van der Waals surface area contributed by atoms with Crippen molar-refractivity contribution in [2.75, 3.05) is 5.32 Å². The number of nitrogens with one attached hydrogen (secondary N) is 1. The molecule has 4 aromatic rings. The number of carbonyl (C=O) groups excluding carboxylic acids is 1. The second kappa shape index (κ2) is 8.48. The van der Waals surface area contributed by atoms with Gasteiger partial charge in [-0.3, -0.25) is 9.78 Å². The highest BCUT2D eigenvalue weighted by molar-refractivity contribution is 7.18. The third-order valence-corrected chi connectivity index (χ3v) is 5.62. The van der Waals surface area contributed by atoms with Crippen LogP contribution in [0, 0.1) is 0 Å². The fraction of sp³-hybridized carbons (Fsp3) is 0.136. The summed E-state index contributed by atoms with van der Waals surface area (Å²) < 4.78 is 0.888. The molecular weight excluding hydrogens is 386 g/mol. The Morgan fingerprint density at radius 2 is 1.66 bits per heavy atom. The predicted octanol–water partition coefficient (Wildman–Crippen LogP) is 3.32. The number of anilines is 1. The highest BCUT2D eigenvalue weighted by Gasteiger charge is 2.28. The summed E-state index contributed by atoms with van der Waals surface area (Å²) in [6, 6.07) is 18.7. The Kier molecular flexibility index (Phi) is 5.62. The number of rotatable bonds is 6. The van der Waals surface area contributed by atoms with E-state index in [1.165, 1.54) is 11.3 Å². The van der Waals surface area contributed by atoms with E-state index in [1.54, 1.807) is 24.5 Å². The van der Waals surface area contributed by atoms with Crippen molar-refractivity contribution in [3.63, 3.8) is 0 Å². The number of aliphatic hydroxyl groups is 2. The van der Waals surface area contributed by atoms with Gasteiger partial charge in [0.1, 0.15) is 11.1 Å². The summed E-state index contributed by atoms with van der Waals surface area (Å²) in [4.78, 5) is 20.7. The predicted molar refractivity (Wildman–Crippen MR) is 113 cm³/mol. The molecule has 0 aliphatic rings. The van der Waals surface area contributed by atoms with E-state index in [4.69, 9.17) is 0 Å². The molecule has 146 valence electrons. The third kappa shape index (κ3) is 4.48. The largest absolute Gasteiger partial charge is 0.383 e. The summed E-state index contributed by atoms with van der Waals surface area (Å²) >= 11 is 1.25. The molecule has 1 amide bonds. The SMILES string of the molecule is O=C(Nc1ccc(Cc2ccncc2)cc1)C(O)C(O)c1nc2ccccc2s1. The minimum Gasteiger partial charge on any atom is -0.383 e. The maximum absolute atomic E-state index is 12.4. The molecule has 2 aromatic carbocycles. The van der Waals surface area contributed by atoms with E-state index in [0.29, 0.717) is 10.7 Å². The Labute approximate surface area is 171 Å². The first-order valence-corrected chi connectivity index (χ1v) is 9.92. The van der Waals surface area contributed by atoms with Crippen molar-refractivity contribution in [3.8, 4) is 0 Å². The van der Waals surface area contributed by atoms with E-state index in [-0.39, 0.29) is 0 Å². The van der Waals surface area contributed by atoms with Crippen LogP contribution in [0.2, 0.25) is 0 Å². The molecule has 0 aliphatic carbocycles. The average Bonchev–Trinajstić information content (AvgIpc) is 3.19. The van der Waals surface area contributed by atoms with Crippen LogP contribution in [0.15, 0.2) is 73.1 Å². The number of amides is 1. The first-order valence-electron chi connectivity index (χ1n) is 9.10. The van der Waals surface area contributed by atoms with Crippen molar-refractivity contribution >= 4 is 33.1 Å². The third-order valence-electron chi connectivity index (χ3n) is 4.51. The molecule has 0 saturated heterocycles. The van der Waals surface area contributed by atoms with Gasteiger partial charge in [-0.25, -0.2) is 4.98 Å². The number of nitrogens with zero attached hydrogens (tertiary/aromatic N) is 2. The van der Waals surface area contributed by atoms with Crippen molar-refractivity contribution < 1.29 is 15.0 Å². The number of carbonyl (C=O) groups is 1. The summed E-state index contributed by atoms with van der Waals surface area (Å²) in [6.07, 6.45) is 1.25. The van der Waals surface area contributed by atoms with Crippen LogP contribution >= 0.6 is 11.3 Å². The summed E-state index contributed by atoms with van der Waals surface area (Å²) in [5.74, 6) is -0.682. The van der Waals surface area contributed by atoms with Gasteiger partial charge in [-0.05, 0) is 53.9 Å². The van der Waals surface area contributed by atoms with Gasteiger partial charge < -0.3 is 15.5 Å². The zero-order valence-corrected chi connectivity index (χ0v) is 16.2. The minimum absolute atomic E-state index is 0.307. The Balaban J connectivity index is 1.40. The molecule has 2 heterocycles. The van der Waals surface area contributed by atoms with Gasteiger partial charge in [0, 0.05) is 18.1 Å². The molecule has 0 spiro atoms. The normalized spacial score (nSPS) is 13.2. The van der Waals surface area contributed by atoms with Gasteiger partial charge in [-0.15, -0.1) is 11.3 Å². The Hall–Kier alpha value is -3.13. The number of para-hydroxylation sites is 1. The fourth-order valence-corrected chi connectivity index (χ4v) is 3.94. The second-order valence-electron chi connectivity index (χ2n) is 6.63. The molecule has 2 aromatic heterocycles. The number of hydrogen-bond donors (Lipinski definition) is 3. The number of fused-ring (bicyclic) bond motifs is 1. The van der Waals surface area contributed by atoms with Gasteiger partial charge in [0.15, 0.2) is 6.10 Å². The number of aliphatic hydroxyl groups excluding tert-OH is 2. The highest BCUT2D eigenvalue weighted by atomic mass is 32.1. The summed E-state index contributed by atoms with van der Waals surface area (Å²) in [5, 5.41) is 23.6. The van der Waals surface area contributed by atoms with Crippen molar-refractivity contribution in [1.29, 1.82) is 0 Å². The van der Waals surface area contributed by atoms with E-state index < -0.39 is 18.1 Å². The molecule has 3 N–H and O–H groups in total. The van der Waals surface area contributed by atoms with Gasteiger partial charge in [-0.1, -0.05) is 24.3 Å². The smallest absolute Gasteiger partial charge is 0.256 e. The molecule has 4 rings (SSSR count). The quantitative estimate of drug-likeness (QED) is 0.457. The van der Waals surface area contributed by atoms with Crippen molar-refractivity contribution in [3.05, 3.63) is 89.2 Å². The van der Waals surface area contributed by atoms with Crippen molar-refractivity contribution in [1.82, 2.24) is 9.97 Å². The summed E-state index contributed by atoms with van der Waals surface area (Å²) in [5.41, 5.74) is 3.50. The van der Waals surface area contributed by atoms with Gasteiger partial charge in [-0.2, -0.15) is 0 Å². The second-order valence-corrected chi connectivity index (χ2v) is 7.69. The number of pyridine rings is 1. The summed E-state index contributed by atoms with van der Waals surface area (Å²) in [7, 11) is 0. The fourth-order valence-electron chi connectivity index (χ4n) is 2.95. The maximum Gasteiger partial charge on any atom is 0.256 e. The zero-order valence-electron chi connectivity index (χ0n) is 15.4. The molecule has 0 bridgehead atoms. The number of thiazole rings is 1. The van der Waals surface area contributed by atoms with Crippen LogP contribution in [0.25, 0.3) is 10.2 Å². The van der Waals surface area contributed by atoms with Crippen LogP contribution in [0.1, 0.15) is 22.2 Å². The molecule has 7 heteroatoms. The van der Waals surface area contributed by atoms with Crippen LogP contribution in [0.4, 0.5) is 5.69 Å². The maximum atomic E-state index is 12.4. The van der Waals surface area contributed by atoms with Crippen LogP contribution in [0.5, 0.6) is 0 Å². The van der Waals surface area contributed by atoms with Gasteiger partial charge in [0.05, 0.1) is 10.2 Å². The number of benzene rings is 2. The van der Waals surface area contributed by atoms with Crippen molar-refractivity contribution in [2.24, 2.45) is 0 Å². The van der Waals surface area contributed by atoms with E-state index >= 15 is 0 Å². The first kappa shape index (κ1) is 19.2. The van der Waals surface area contributed by atoms with E-state index in [9.17, 15) is 15.0 Å². The first-order chi connectivity index (χ1) is 14.1. The molecule has 29 heavy (non-hydrogen) atoms. The molecule has 0 fully saturated rings. The molecule has 2 atom stereocenters. The van der Waals surface area contributed by atoms with Crippen LogP contribution < -0.4 is 5.32 Å². The van der Waals surface area contributed by atoms with E-state index in [1.807, 2.05) is 48.5 Å². The monoisotopic (exact) mass is 405 g/mol. The standard InChI is InChI=1S/C22H19N3O3S/c26-19(20(27)22-25-17-3-1-2-4-18(17)29-22)21(28)24-16-7-5-14(6-8-16)13-15-9-11-23-12-10-15/h1-12,19-20,26-27H,13H2,(H,24,28). The summed E-state index contributed by atoms with van der Waals surface area (Å²) in [6.45, 7) is 0.